The van der Waals surface area contributed by atoms with E-state index in [0.717, 1.165) is 5.92 Å². The van der Waals surface area contributed by atoms with Gasteiger partial charge in [-0.05, 0) is 59.8 Å². The van der Waals surface area contributed by atoms with Crippen molar-refractivity contribution in [2.45, 2.75) is 126 Å². The molecule has 1 atom stereocenters. The van der Waals surface area contributed by atoms with Crippen molar-refractivity contribution in [3.63, 3.8) is 0 Å². The summed E-state index contributed by atoms with van der Waals surface area (Å²) in [5.41, 5.74) is 4.64. The van der Waals surface area contributed by atoms with Crippen molar-refractivity contribution in [1.29, 1.82) is 0 Å². The van der Waals surface area contributed by atoms with Gasteiger partial charge in [-0.25, -0.2) is 0 Å². The third-order valence-corrected chi connectivity index (χ3v) is 5.23. The first-order valence-electron chi connectivity index (χ1n) is 10.7. The van der Waals surface area contributed by atoms with Crippen LogP contribution in [-0.2, 0) is 0 Å². The molecule has 0 saturated carbocycles. The molecule has 0 aliphatic heterocycles. The van der Waals surface area contributed by atoms with Crippen molar-refractivity contribution in [2.24, 2.45) is 5.92 Å². The van der Waals surface area contributed by atoms with E-state index < -0.39 is 0 Å². The monoisotopic (exact) mass is 336 g/mol. The van der Waals surface area contributed by atoms with Gasteiger partial charge in [0.25, 0.3) is 0 Å². The Bertz CT molecular complexity index is 315. The Morgan fingerprint density at radius 2 is 1.25 bits per heavy atom. The zero-order valence-electron chi connectivity index (χ0n) is 18.4. The van der Waals surface area contributed by atoms with Crippen molar-refractivity contribution in [3.8, 4) is 0 Å². The maximum absolute atomic E-state index is 2.33. The first kappa shape index (κ1) is 25.7. The summed E-state index contributed by atoms with van der Waals surface area (Å²) in [6.45, 7) is 17.9. The fraction of sp³-hybridized carbons (Fsp3) is 0.833. The molecule has 0 heteroatoms. The van der Waals surface area contributed by atoms with Gasteiger partial charge in [-0.15, -0.1) is 0 Å². The summed E-state index contributed by atoms with van der Waals surface area (Å²) >= 11 is 0. The van der Waals surface area contributed by atoms with Crippen LogP contribution in [0.4, 0.5) is 0 Å². The van der Waals surface area contributed by atoms with E-state index in [9.17, 15) is 0 Å². The molecule has 0 aromatic heterocycles. The van der Waals surface area contributed by atoms with Crippen LogP contribution < -0.4 is 0 Å². The van der Waals surface area contributed by atoms with Crippen LogP contribution in [0.25, 0.3) is 0 Å². The van der Waals surface area contributed by atoms with Crippen molar-refractivity contribution >= 4 is 0 Å². The SMILES string of the molecule is C/C=C(\C)C(C)CCCCCC.CCCCCCCC(C)=C(C)C. The van der Waals surface area contributed by atoms with Crippen molar-refractivity contribution in [2.75, 3.05) is 0 Å². The smallest absolute Gasteiger partial charge is 0.0235 e. The highest BCUT2D eigenvalue weighted by Crippen LogP contribution is 2.17. The largest absolute Gasteiger partial charge is 0.0885 e. The van der Waals surface area contributed by atoms with Crippen molar-refractivity contribution in [1.82, 2.24) is 0 Å². The Morgan fingerprint density at radius 1 is 0.750 bits per heavy atom. The van der Waals surface area contributed by atoms with E-state index in [-0.39, 0.29) is 0 Å². The Labute approximate surface area is 155 Å². The lowest BCUT2D eigenvalue weighted by molar-refractivity contribution is 0.542. The fourth-order valence-corrected chi connectivity index (χ4v) is 2.63. The Morgan fingerprint density at radius 3 is 1.71 bits per heavy atom. The van der Waals surface area contributed by atoms with Gasteiger partial charge in [0, 0.05) is 0 Å². The molecule has 0 aliphatic carbocycles. The van der Waals surface area contributed by atoms with Gasteiger partial charge in [0.05, 0.1) is 0 Å². The van der Waals surface area contributed by atoms with Crippen molar-refractivity contribution in [3.05, 3.63) is 22.8 Å². The molecule has 0 aromatic carbocycles. The summed E-state index contributed by atoms with van der Waals surface area (Å²) < 4.78 is 0. The minimum Gasteiger partial charge on any atom is -0.0885 e. The number of hydrogen-bond acceptors (Lipinski definition) is 0. The van der Waals surface area contributed by atoms with Crippen molar-refractivity contribution < 1.29 is 0 Å². The highest BCUT2D eigenvalue weighted by molar-refractivity contribution is 5.06. The van der Waals surface area contributed by atoms with E-state index in [0.29, 0.717) is 0 Å². The first-order chi connectivity index (χ1) is 11.4. The molecule has 0 bridgehead atoms. The van der Waals surface area contributed by atoms with Gasteiger partial charge in [0.1, 0.15) is 0 Å². The number of unbranched alkanes of at least 4 members (excludes halogenated alkanes) is 7. The van der Waals surface area contributed by atoms with E-state index >= 15 is 0 Å². The predicted octanol–water partition coefficient (Wildman–Crippen LogP) is 9.26. The second kappa shape index (κ2) is 18.8. The molecule has 0 heterocycles. The first-order valence-corrected chi connectivity index (χ1v) is 10.7. The van der Waals surface area contributed by atoms with Crippen LogP contribution in [0.1, 0.15) is 126 Å². The molecule has 0 fully saturated rings. The van der Waals surface area contributed by atoms with Gasteiger partial charge < -0.3 is 0 Å². The zero-order valence-corrected chi connectivity index (χ0v) is 18.4. The summed E-state index contributed by atoms with van der Waals surface area (Å²) in [5.74, 6) is 0.798. The summed E-state index contributed by atoms with van der Waals surface area (Å²) in [5, 5.41) is 0. The van der Waals surface area contributed by atoms with Crippen LogP contribution in [0.2, 0.25) is 0 Å². The maximum atomic E-state index is 2.33. The minimum atomic E-state index is 0.798. The number of rotatable bonds is 12. The van der Waals surface area contributed by atoms with E-state index in [4.69, 9.17) is 0 Å². The van der Waals surface area contributed by atoms with E-state index in [2.05, 4.69) is 61.5 Å². The molecule has 0 N–H and O–H groups in total. The molecular weight excluding hydrogens is 288 g/mol. The summed E-state index contributed by atoms with van der Waals surface area (Å²) in [4.78, 5) is 0. The van der Waals surface area contributed by atoms with Crippen LogP contribution in [0.3, 0.4) is 0 Å². The van der Waals surface area contributed by atoms with Gasteiger partial charge in [0.2, 0.25) is 0 Å². The zero-order chi connectivity index (χ0) is 18.8. The molecule has 0 saturated heterocycles. The van der Waals surface area contributed by atoms with Gasteiger partial charge in [-0.1, -0.05) is 94.9 Å². The molecule has 0 aliphatic rings. The molecule has 0 radical (unpaired) electrons. The quantitative estimate of drug-likeness (QED) is 0.246. The van der Waals surface area contributed by atoms with Crippen LogP contribution in [0, 0.1) is 5.92 Å². The van der Waals surface area contributed by atoms with Gasteiger partial charge in [-0.2, -0.15) is 0 Å². The molecular formula is C24H48. The van der Waals surface area contributed by atoms with E-state index in [1.54, 1.807) is 11.1 Å². The average Bonchev–Trinajstić information content (AvgIpc) is 2.57. The Balaban J connectivity index is 0. The third-order valence-electron chi connectivity index (χ3n) is 5.23. The van der Waals surface area contributed by atoms with Crippen LogP contribution >= 0.6 is 0 Å². The van der Waals surface area contributed by atoms with Crippen LogP contribution in [0.5, 0.6) is 0 Å². The molecule has 0 rings (SSSR count). The minimum absolute atomic E-state index is 0.798. The summed E-state index contributed by atoms with van der Waals surface area (Å²) in [6.07, 6.45) is 17.5. The van der Waals surface area contributed by atoms with Gasteiger partial charge >= 0.3 is 0 Å². The number of hydrogen-bond donors (Lipinski definition) is 0. The van der Waals surface area contributed by atoms with E-state index in [1.165, 1.54) is 76.2 Å². The van der Waals surface area contributed by atoms with E-state index in [1.807, 2.05) is 0 Å². The highest BCUT2D eigenvalue weighted by Gasteiger charge is 2.01. The molecule has 0 aromatic rings. The average molecular weight is 337 g/mol. The molecule has 24 heavy (non-hydrogen) atoms. The Kier molecular flexibility index (Phi) is 20.2. The predicted molar refractivity (Wildman–Crippen MR) is 115 cm³/mol. The normalized spacial score (nSPS) is 12.4. The molecule has 0 spiro atoms. The molecule has 0 amide bonds. The van der Waals surface area contributed by atoms with Gasteiger partial charge in [0.15, 0.2) is 0 Å². The van der Waals surface area contributed by atoms with Crippen LogP contribution in [-0.4, -0.2) is 0 Å². The third kappa shape index (κ3) is 17.8. The lowest BCUT2D eigenvalue weighted by atomic mass is 9.96. The summed E-state index contributed by atoms with van der Waals surface area (Å²) in [6, 6.07) is 0. The lowest BCUT2D eigenvalue weighted by Crippen LogP contribution is -1.95. The second-order valence-corrected chi connectivity index (χ2v) is 7.73. The van der Waals surface area contributed by atoms with Gasteiger partial charge in [-0.3, -0.25) is 0 Å². The number of allylic oxidation sites excluding steroid dienone is 4. The topological polar surface area (TPSA) is 0 Å². The second-order valence-electron chi connectivity index (χ2n) is 7.73. The molecule has 144 valence electrons. The molecule has 1 unspecified atom stereocenters. The highest BCUT2D eigenvalue weighted by atomic mass is 14.1. The maximum Gasteiger partial charge on any atom is -0.0235 e. The fourth-order valence-electron chi connectivity index (χ4n) is 2.63. The lowest BCUT2D eigenvalue weighted by Gasteiger charge is -2.10. The standard InChI is InChI=1S/2C12H24/c1-5-6-7-8-9-10-12(4)11(2)3;1-5-7-8-9-10-12(4)11(3)6-2/h5-10H2,1-4H3;6,12H,5,7-10H2,1-4H3/b;11-6+. The summed E-state index contributed by atoms with van der Waals surface area (Å²) in [7, 11) is 0. The molecule has 0 nitrogen and oxygen atoms in total. The Hall–Kier alpha value is -0.520. The van der Waals surface area contributed by atoms with Crippen LogP contribution in [0.15, 0.2) is 22.8 Å².